The second kappa shape index (κ2) is 10.1. The van der Waals surface area contributed by atoms with Crippen LogP contribution in [0.15, 0.2) is 12.1 Å². The Morgan fingerprint density at radius 2 is 2.03 bits per heavy atom. The number of hydrogen-bond donors (Lipinski definition) is 3. The lowest BCUT2D eigenvalue weighted by Crippen LogP contribution is -2.46. The molecule has 1 aromatic heterocycles. The molecule has 174 valence electrons. The van der Waals surface area contributed by atoms with Crippen molar-refractivity contribution in [2.45, 2.75) is 64.7 Å². The SMILES string of the molecule is Cc1nc(N2C[C@@H](C)O[C@@H](C)C2)ccc1NC1C(CI)CC2(CNCCO)CCC1C2. The van der Waals surface area contributed by atoms with E-state index >= 15 is 0 Å². The zero-order valence-electron chi connectivity index (χ0n) is 19.2. The number of aromatic nitrogens is 1. The van der Waals surface area contributed by atoms with Crippen LogP contribution in [0.5, 0.6) is 0 Å². The highest BCUT2D eigenvalue weighted by Crippen LogP contribution is 2.54. The molecule has 3 N–H and O–H groups in total. The number of nitrogens with one attached hydrogen (secondary N) is 2. The molecule has 6 nitrogen and oxygen atoms in total. The topological polar surface area (TPSA) is 69.7 Å². The molecule has 3 fully saturated rings. The molecule has 0 aromatic carbocycles. The zero-order valence-corrected chi connectivity index (χ0v) is 21.4. The molecule has 2 saturated carbocycles. The number of halogens is 1. The van der Waals surface area contributed by atoms with Crippen LogP contribution >= 0.6 is 22.6 Å². The third-order valence-electron chi connectivity index (χ3n) is 7.58. The maximum absolute atomic E-state index is 9.13. The average molecular weight is 543 g/mol. The second-order valence-electron chi connectivity index (χ2n) is 10.2. The standard InChI is InChI=1S/C24H39IN4O2/c1-16-13-29(14-17(2)31-16)22-5-4-21(18(3)27-22)28-23-19-6-7-24(10-19,11-20(23)12-25)15-26-8-9-30/h4-5,16-17,19-20,23,26,28,30H,6-15H2,1-3H3/t16-,17+,19?,20?,23?,24?. The summed E-state index contributed by atoms with van der Waals surface area (Å²) in [6.07, 6.45) is 5.67. The van der Waals surface area contributed by atoms with Gasteiger partial charge in [0, 0.05) is 36.6 Å². The molecule has 4 rings (SSSR count). The van der Waals surface area contributed by atoms with E-state index in [0.717, 1.165) is 37.1 Å². The van der Waals surface area contributed by atoms with Gasteiger partial charge in [-0.15, -0.1) is 0 Å². The van der Waals surface area contributed by atoms with E-state index in [2.05, 4.69) is 71.0 Å². The molecule has 2 aliphatic carbocycles. The van der Waals surface area contributed by atoms with E-state index < -0.39 is 0 Å². The van der Waals surface area contributed by atoms with E-state index in [0.29, 0.717) is 23.9 Å². The summed E-state index contributed by atoms with van der Waals surface area (Å²) in [7, 11) is 0. The van der Waals surface area contributed by atoms with Crippen LogP contribution in [0, 0.1) is 24.2 Å². The molecule has 1 aromatic rings. The Morgan fingerprint density at radius 3 is 2.71 bits per heavy atom. The first-order valence-electron chi connectivity index (χ1n) is 11.9. The van der Waals surface area contributed by atoms with Crippen LogP contribution < -0.4 is 15.5 Å². The normalized spacial score (nSPS) is 35.4. The molecule has 0 spiro atoms. The quantitative estimate of drug-likeness (QED) is 0.265. The van der Waals surface area contributed by atoms with Crippen molar-refractivity contribution in [1.29, 1.82) is 0 Å². The fourth-order valence-electron chi connectivity index (χ4n) is 6.28. The van der Waals surface area contributed by atoms with Gasteiger partial charge in [-0.2, -0.15) is 0 Å². The summed E-state index contributed by atoms with van der Waals surface area (Å²) < 4.78 is 7.07. The summed E-state index contributed by atoms with van der Waals surface area (Å²) in [5.41, 5.74) is 2.71. The predicted octanol–water partition coefficient (Wildman–Crippen LogP) is 3.61. The maximum atomic E-state index is 9.13. The molecular formula is C24H39IN4O2. The van der Waals surface area contributed by atoms with Gasteiger partial charge in [0.2, 0.25) is 0 Å². The van der Waals surface area contributed by atoms with Crippen molar-refractivity contribution in [1.82, 2.24) is 10.3 Å². The third kappa shape index (κ3) is 5.31. The van der Waals surface area contributed by atoms with Gasteiger partial charge in [-0.25, -0.2) is 4.98 Å². The number of alkyl halides is 1. The number of nitrogens with zero attached hydrogens (tertiary/aromatic N) is 2. The van der Waals surface area contributed by atoms with Crippen molar-refractivity contribution in [3.63, 3.8) is 0 Å². The molecule has 7 heteroatoms. The number of aliphatic hydroxyl groups is 1. The summed E-state index contributed by atoms with van der Waals surface area (Å²) in [4.78, 5) is 7.33. The number of hydrogen-bond acceptors (Lipinski definition) is 6. The highest BCUT2D eigenvalue weighted by Gasteiger charge is 2.50. The number of anilines is 2. The minimum atomic E-state index is 0.226. The largest absolute Gasteiger partial charge is 0.395 e. The molecule has 1 aliphatic heterocycles. The van der Waals surface area contributed by atoms with Crippen molar-refractivity contribution >= 4 is 34.1 Å². The minimum Gasteiger partial charge on any atom is -0.395 e. The van der Waals surface area contributed by atoms with Gasteiger partial charge in [-0.05, 0) is 75.8 Å². The summed E-state index contributed by atoms with van der Waals surface area (Å²) in [5.74, 6) is 2.47. The van der Waals surface area contributed by atoms with E-state index in [-0.39, 0.29) is 18.8 Å². The van der Waals surface area contributed by atoms with Crippen molar-refractivity contribution < 1.29 is 9.84 Å². The van der Waals surface area contributed by atoms with Crippen LogP contribution in [-0.2, 0) is 4.74 Å². The predicted molar refractivity (Wildman–Crippen MR) is 135 cm³/mol. The number of fused-ring (bicyclic) bond motifs is 2. The fraction of sp³-hybridized carbons (Fsp3) is 0.792. The van der Waals surface area contributed by atoms with Gasteiger partial charge in [0.25, 0.3) is 0 Å². The molecular weight excluding hydrogens is 503 g/mol. The number of aryl methyl sites for hydroxylation is 1. The van der Waals surface area contributed by atoms with E-state index in [9.17, 15) is 0 Å². The van der Waals surface area contributed by atoms with Crippen LogP contribution in [0.25, 0.3) is 0 Å². The summed E-state index contributed by atoms with van der Waals surface area (Å²) >= 11 is 2.58. The van der Waals surface area contributed by atoms with E-state index in [1.807, 2.05) is 0 Å². The molecule has 0 radical (unpaired) electrons. The molecule has 1 saturated heterocycles. The van der Waals surface area contributed by atoms with Crippen molar-refractivity contribution in [2.24, 2.45) is 17.3 Å². The molecule has 6 atom stereocenters. The number of morpholine rings is 1. The van der Waals surface area contributed by atoms with Crippen LogP contribution in [-0.4, -0.2) is 65.6 Å². The van der Waals surface area contributed by atoms with Gasteiger partial charge in [-0.1, -0.05) is 22.6 Å². The van der Waals surface area contributed by atoms with E-state index in [1.54, 1.807) is 0 Å². The summed E-state index contributed by atoms with van der Waals surface area (Å²) in [5, 5.41) is 16.6. The molecule has 3 aliphatic rings. The lowest BCUT2D eigenvalue weighted by molar-refractivity contribution is -0.00546. The van der Waals surface area contributed by atoms with Crippen molar-refractivity contribution in [2.75, 3.05) is 47.4 Å². The Labute approximate surface area is 201 Å². The lowest BCUT2D eigenvalue weighted by atomic mass is 9.68. The van der Waals surface area contributed by atoms with Gasteiger partial charge >= 0.3 is 0 Å². The maximum Gasteiger partial charge on any atom is 0.129 e. The monoisotopic (exact) mass is 542 g/mol. The third-order valence-corrected chi connectivity index (χ3v) is 8.71. The Bertz CT molecular complexity index is 740. The van der Waals surface area contributed by atoms with Gasteiger partial charge in [0.15, 0.2) is 0 Å². The number of ether oxygens (including phenoxy) is 1. The van der Waals surface area contributed by atoms with Crippen LogP contribution in [0.3, 0.4) is 0 Å². The van der Waals surface area contributed by atoms with Crippen LogP contribution in [0.1, 0.15) is 45.2 Å². The summed E-state index contributed by atoms with van der Waals surface area (Å²) in [6, 6.07) is 4.95. The number of aliphatic hydroxyl groups excluding tert-OH is 1. The van der Waals surface area contributed by atoms with Crippen molar-refractivity contribution in [3.8, 4) is 0 Å². The Kier molecular flexibility index (Phi) is 7.66. The Hall–Kier alpha value is -0.640. The molecule has 2 bridgehead atoms. The van der Waals surface area contributed by atoms with E-state index in [4.69, 9.17) is 14.8 Å². The van der Waals surface area contributed by atoms with Crippen molar-refractivity contribution in [3.05, 3.63) is 17.8 Å². The summed E-state index contributed by atoms with van der Waals surface area (Å²) in [6.45, 7) is 10.2. The molecule has 0 amide bonds. The van der Waals surface area contributed by atoms with Gasteiger partial charge in [-0.3, -0.25) is 0 Å². The highest BCUT2D eigenvalue weighted by atomic mass is 127. The molecule has 31 heavy (non-hydrogen) atoms. The van der Waals surface area contributed by atoms with Gasteiger partial charge in [0.05, 0.1) is 30.2 Å². The Morgan fingerprint density at radius 1 is 1.26 bits per heavy atom. The molecule has 4 unspecified atom stereocenters. The average Bonchev–Trinajstić information content (AvgIpc) is 3.09. The first-order valence-corrected chi connectivity index (χ1v) is 13.5. The molecule has 2 heterocycles. The fourth-order valence-corrected chi connectivity index (χ4v) is 7.14. The van der Waals surface area contributed by atoms with Crippen LogP contribution in [0.4, 0.5) is 11.5 Å². The first kappa shape index (κ1) is 23.5. The zero-order chi connectivity index (χ0) is 22.0. The lowest BCUT2D eigenvalue weighted by Gasteiger charge is -2.43. The minimum absolute atomic E-state index is 0.226. The number of pyridine rings is 1. The Balaban J connectivity index is 1.44. The highest BCUT2D eigenvalue weighted by molar-refractivity contribution is 14.1. The number of rotatable bonds is 8. The first-order chi connectivity index (χ1) is 14.9. The van der Waals surface area contributed by atoms with E-state index in [1.165, 1.54) is 35.8 Å². The van der Waals surface area contributed by atoms with Gasteiger partial charge in [0.1, 0.15) is 5.82 Å². The van der Waals surface area contributed by atoms with Crippen LogP contribution in [0.2, 0.25) is 0 Å². The smallest absolute Gasteiger partial charge is 0.129 e. The van der Waals surface area contributed by atoms with Gasteiger partial charge < -0.3 is 25.4 Å². The second-order valence-corrected chi connectivity index (χ2v) is 11.0.